The van der Waals surface area contributed by atoms with Crippen LogP contribution in [0.1, 0.15) is 42.9 Å². The summed E-state index contributed by atoms with van der Waals surface area (Å²) >= 11 is 0. The second-order valence-corrected chi connectivity index (χ2v) is 10.1. The van der Waals surface area contributed by atoms with Crippen molar-refractivity contribution in [1.29, 1.82) is 0 Å². The molecule has 1 fully saturated rings. The van der Waals surface area contributed by atoms with E-state index < -0.39 is 36.6 Å². The highest BCUT2D eigenvalue weighted by Gasteiger charge is 2.54. The molecule has 0 aliphatic heterocycles. The molecule has 1 saturated carbocycles. The first-order chi connectivity index (χ1) is 18.6. The lowest BCUT2D eigenvalue weighted by Crippen LogP contribution is -2.48. The highest BCUT2D eigenvalue weighted by molar-refractivity contribution is 5.80. The number of nitrogens with zero attached hydrogens (tertiary/aromatic N) is 1. The van der Waals surface area contributed by atoms with E-state index in [2.05, 4.69) is 0 Å². The first kappa shape index (κ1) is 28.3. The summed E-state index contributed by atoms with van der Waals surface area (Å²) < 4.78 is 54.7. The van der Waals surface area contributed by atoms with Gasteiger partial charge >= 0.3 is 18.2 Å². The maximum Gasteiger partial charge on any atom is 0.410 e. The summed E-state index contributed by atoms with van der Waals surface area (Å²) in [5, 5.41) is 9.21. The van der Waals surface area contributed by atoms with Crippen molar-refractivity contribution in [2.45, 2.75) is 45.4 Å². The van der Waals surface area contributed by atoms with Crippen LogP contribution in [0.15, 0.2) is 66.8 Å². The van der Waals surface area contributed by atoms with Crippen molar-refractivity contribution in [2.75, 3.05) is 19.7 Å². The molecular weight excluding hydrogens is 511 g/mol. The number of carbonyl (C=O) groups is 2. The van der Waals surface area contributed by atoms with Crippen molar-refractivity contribution in [3.05, 3.63) is 83.4 Å². The smallest absolute Gasteiger partial charge is 0.410 e. The third-order valence-corrected chi connectivity index (χ3v) is 7.03. The SMILES string of the molecule is CCN(CC1(C(F)(F)F)C=CC(c2cc(CC(=O)O)ccc2OCC2CC2)=CC1)C(=O)OCc1ccccc1. The molecule has 2 aliphatic carbocycles. The van der Waals surface area contributed by atoms with Gasteiger partial charge in [0.05, 0.1) is 13.0 Å². The Bertz CT molecular complexity index is 1240. The summed E-state index contributed by atoms with van der Waals surface area (Å²) in [6.45, 7) is 1.53. The lowest BCUT2D eigenvalue weighted by Gasteiger charge is -2.38. The Hall–Kier alpha value is -3.75. The van der Waals surface area contributed by atoms with Gasteiger partial charge in [0.15, 0.2) is 0 Å². The van der Waals surface area contributed by atoms with Crippen LogP contribution < -0.4 is 4.74 Å². The lowest BCUT2D eigenvalue weighted by atomic mass is 9.77. The molecular formula is C30H32F3NO5. The number of carboxylic acid groups (broad SMARTS) is 1. The maximum absolute atomic E-state index is 14.5. The van der Waals surface area contributed by atoms with Crippen LogP contribution in [-0.2, 0) is 22.6 Å². The quantitative estimate of drug-likeness (QED) is 0.343. The van der Waals surface area contributed by atoms with Gasteiger partial charge in [0, 0.05) is 18.7 Å². The predicted molar refractivity (Wildman–Crippen MR) is 140 cm³/mol. The topological polar surface area (TPSA) is 76.1 Å². The molecule has 2 aliphatic rings. The standard InChI is InChI=1S/C30H32F3NO5/c1-2-34(28(37)39-19-21-6-4-3-5-7-21)20-29(30(31,32)33)14-12-24(13-15-29)25-16-23(17-27(35)36)10-11-26(25)38-18-22-8-9-22/h3-7,10-14,16,22H,2,8-9,15,17-20H2,1H3,(H,35,36). The molecule has 208 valence electrons. The number of carbonyl (C=O) groups excluding carboxylic acids is 1. The fourth-order valence-electron chi connectivity index (χ4n) is 4.46. The molecule has 0 heterocycles. The minimum Gasteiger partial charge on any atom is -0.493 e. The summed E-state index contributed by atoms with van der Waals surface area (Å²) in [5.41, 5.74) is 0.0315. The van der Waals surface area contributed by atoms with Crippen LogP contribution in [-0.4, -0.2) is 47.9 Å². The Morgan fingerprint density at radius 2 is 1.85 bits per heavy atom. The van der Waals surface area contributed by atoms with Gasteiger partial charge in [-0.15, -0.1) is 0 Å². The van der Waals surface area contributed by atoms with Gasteiger partial charge in [-0.2, -0.15) is 13.2 Å². The van der Waals surface area contributed by atoms with Gasteiger partial charge < -0.3 is 19.5 Å². The van der Waals surface area contributed by atoms with E-state index in [1.54, 1.807) is 49.4 Å². The fourth-order valence-corrected chi connectivity index (χ4v) is 4.46. The van der Waals surface area contributed by atoms with Crippen LogP contribution >= 0.6 is 0 Å². The molecule has 4 rings (SSSR count). The van der Waals surface area contributed by atoms with Crippen molar-refractivity contribution in [3.63, 3.8) is 0 Å². The molecule has 1 atom stereocenters. The fraction of sp³-hybridized carbons (Fsp3) is 0.400. The predicted octanol–water partition coefficient (Wildman–Crippen LogP) is 6.65. The van der Waals surface area contributed by atoms with Crippen molar-refractivity contribution < 1.29 is 37.3 Å². The molecule has 39 heavy (non-hydrogen) atoms. The normalized spacial score (nSPS) is 18.8. The van der Waals surface area contributed by atoms with Crippen molar-refractivity contribution in [1.82, 2.24) is 4.90 Å². The van der Waals surface area contributed by atoms with E-state index in [1.165, 1.54) is 12.2 Å². The summed E-state index contributed by atoms with van der Waals surface area (Å²) in [4.78, 5) is 25.0. The van der Waals surface area contributed by atoms with Crippen LogP contribution in [0.3, 0.4) is 0 Å². The number of aliphatic carboxylic acids is 1. The number of benzene rings is 2. The zero-order valence-electron chi connectivity index (χ0n) is 21.7. The second kappa shape index (κ2) is 12.0. The number of amides is 1. The number of allylic oxidation sites excluding steroid dienone is 3. The third kappa shape index (κ3) is 7.22. The van der Waals surface area contributed by atoms with E-state index in [0.29, 0.717) is 35.0 Å². The average Bonchev–Trinajstić information content (AvgIpc) is 3.74. The number of alkyl halides is 3. The van der Waals surface area contributed by atoms with Gasteiger partial charge in [-0.1, -0.05) is 54.6 Å². The molecule has 0 aromatic heterocycles. The lowest BCUT2D eigenvalue weighted by molar-refractivity contribution is -0.209. The third-order valence-electron chi connectivity index (χ3n) is 7.03. The van der Waals surface area contributed by atoms with Gasteiger partial charge in [0.1, 0.15) is 17.8 Å². The maximum atomic E-state index is 14.5. The number of rotatable bonds is 11. The van der Waals surface area contributed by atoms with Crippen LogP contribution in [0, 0.1) is 11.3 Å². The highest BCUT2D eigenvalue weighted by Crippen LogP contribution is 2.47. The Labute approximate surface area is 225 Å². The van der Waals surface area contributed by atoms with Crippen LogP contribution in [0.2, 0.25) is 0 Å². The second-order valence-electron chi connectivity index (χ2n) is 10.1. The summed E-state index contributed by atoms with van der Waals surface area (Å²) in [6.07, 6.45) is 0.0796. The Balaban J connectivity index is 1.54. The number of hydrogen-bond acceptors (Lipinski definition) is 4. The van der Waals surface area contributed by atoms with Crippen molar-refractivity contribution in [2.24, 2.45) is 11.3 Å². The largest absolute Gasteiger partial charge is 0.493 e. The zero-order chi connectivity index (χ0) is 28.0. The molecule has 9 heteroatoms. The number of hydrogen-bond donors (Lipinski definition) is 1. The summed E-state index contributed by atoms with van der Waals surface area (Å²) in [7, 11) is 0. The van der Waals surface area contributed by atoms with Crippen LogP contribution in [0.5, 0.6) is 5.75 Å². The van der Waals surface area contributed by atoms with Gasteiger partial charge in [-0.05, 0) is 60.9 Å². The summed E-state index contributed by atoms with van der Waals surface area (Å²) in [6, 6.07) is 13.9. The molecule has 0 saturated heterocycles. The minimum atomic E-state index is -4.63. The molecule has 1 N–H and O–H groups in total. The molecule has 2 aromatic carbocycles. The molecule has 2 aromatic rings. The van der Waals surface area contributed by atoms with Gasteiger partial charge in [0.25, 0.3) is 0 Å². The van der Waals surface area contributed by atoms with Crippen molar-refractivity contribution in [3.8, 4) is 5.75 Å². The molecule has 6 nitrogen and oxygen atoms in total. The highest BCUT2D eigenvalue weighted by atomic mass is 19.4. The minimum absolute atomic E-state index is 0.0363. The van der Waals surface area contributed by atoms with E-state index in [1.807, 2.05) is 6.07 Å². The van der Waals surface area contributed by atoms with E-state index in [4.69, 9.17) is 9.47 Å². The van der Waals surface area contributed by atoms with Gasteiger partial charge in [-0.25, -0.2) is 4.79 Å². The van der Waals surface area contributed by atoms with Crippen LogP contribution in [0.25, 0.3) is 5.57 Å². The van der Waals surface area contributed by atoms with E-state index >= 15 is 0 Å². The van der Waals surface area contributed by atoms with Crippen molar-refractivity contribution >= 4 is 17.6 Å². The number of ether oxygens (including phenoxy) is 2. The van der Waals surface area contributed by atoms with Crippen LogP contribution in [0.4, 0.5) is 18.0 Å². The monoisotopic (exact) mass is 543 g/mol. The number of halogens is 3. The summed E-state index contributed by atoms with van der Waals surface area (Å²) in [5.74, 6) is -0.0336. The first-order valence-corrected chi connectivity index (χ1v) is 13.0. The van der Waals surface area contributed by atoms with Gasteiger partial charge in [0.2, 0.25) is 0 Å². The van der Waals surface area contributed by atoms with E-state index in [0.717, 1.165) is 29.4 Å². The van der Waals surface area contributed by atoms with Gasteiger partial charge in [-0.3, -0.25) is 4.79 Å². The molecule has 1 unspecified atom stereocenters. The molecule has 0 bridgehead atoms. The number of carboxylic acids is 1. The first-order valence-electron chi connectivity index (χ1n) is 13.0. The van der Waals surface area contributed by atoms with E-state index in [-0.39, 0.29) is 19.6 Å². The van der Waals surface area contributed by atoms with E-state index in [9.17, 15) is 27.9 Å². The molecule has 1 amide bonds. The molecule has 0 radical (unpaired) electrons. The molecule has 0 spiro atoms. The average molecular weight is 544 g/mol. The Morgan fingerprint density at radius 3 is 2.44 bits per heavy atom. The Kier molecular flexibility index (Phi) is 8.67. The Morgan fingerprint density at radius 1 is 1.10 bits per heavy atom. The zero-order valence-corrected chi connectivity index (χ0v) is 21.7.